The number of benzene rings is 1. The summed E-state index contributed by atoms with van der Waals surface area (Å²) >= 11 is 0. The Hall–Kier alpha value is -1.79. The standard InChI is InChI=1S/C14H21N3O3.ClH/c1-8(2)12(15)14(20)17-11(13(16)19)7-9-3-5-10(18)6-4-9;/h3-6,8,11-12,18H,7,15H2,1-2H3,(H2,16,19)(H,17,20);1H. The molecule has 0 aliphatic heterocycles. The van der Waals surface area contributed by atoms with E-state index in [-0.39, 0.29) is 30.5 Å². The van der Waals surface area contributed by atoms with E-state index in [1.54, 1.807) is 12.1 Å². The van der Waals surface area contributed by atoms with E-state index >= 15 is 0 Å². The Morgan fingerprint density at radius 2 is 1.76 bits per heavy atom. The topological polar surface area (TPSA) is 118 Å². The van der Waals surface area contributed by atoms with Gasteiger partial charge in [0.1, 0.15) is 11.8 Å². The maximum Gasteiger partial charge on any atom is 0.240 e. The molecule has 0 aliphatic rings. The van der Waals surface area contributed by atoms with Gasteiger partial charge in [0.2, 0.25) is 11.8 Å². The summed E-state index contributed by atoms with van der Waals surface area (Å²) in [5.74, 6) is -0.919. The smallest absolute Gasteiger partial charge is 0.240 e. The average molecular weight is 316 g/mol. The SMILES string of the molecule is CC(C)C(N)C(=O)NC(Cc1ccc(O)cc1)C(N)=O.Cl. The van der Waals surface area contributed by atoms with Crippen LogP contribution < -0.4 is 16.8 Å². The maximum absolute atomic E-state index is 11.9. The Labute approximate surface area is 130 Å². The van der Waals surface area contributed by atoms with Crippen molar-refractivity contribution in [3.8, 4) is 5.75 Å². The molecule has 1 rings (SSSR count). The molecule has 0 radical (unpaired) electrons. The van der Waals surface area contributed by atoms with Gasteiger partial charge < -0.3 is 21.9 Å². The first kappa shape index (κ1) is 19.2. The summed E-state index contributed by atoms with van der Waals surface area (Å²) < 4.78 is 0. The molecule has 2 atom stereocenters. The molecule has 0 aromatic heterocycles. The number of hydrogen-bond acceptors (Lipinski definition) is 4. The molecule has 0 bridgehead atoms. The molecule has 0 saturated heterocycles. The number of aromatic hydroxyl groups is 1. The third-order valence-electron chi connectivity index (χ3n) is 3.06. The fourth-order valence-electron chi connectivity index (χ4n) is 1.66. The zero-order chi connectivity index (χ0) is 15.3. The van der Waals surface area contributed by atoms with Crippen LogP contribution in [0.1, 0.15) is 19.4 Å². The number of phenols is 1. The molecule has 0 fully saturated rings. The molecule has 2 unspecified atom stereocenters. The second kappa shape index (κ2) is 8.49. The van der Waals surface area contributed by atoms with Crippen LogP contribution in [0.2, 0.25) is 0 Å². The summed E-state index contributed by atoms with van der Waals surface area (Å²) in [6, 6.07) is 4.84. The normalized spacial score (nSPS) is 13.1. The third kappa shape index (κ3) is 6.01. The third-order valence-corrected chi connectivity index (χ3v) is 3.06. The summed E-state index contributed by atoms with van der Waals surface area (Å²) in [6.07, 6.45) is 0.256. The molecule has 0 aliphatic carbocycles. The number of nitrogens with one attached hydrogen (secondary N) is 1. The first-order valence-electron chi connectivity index (χ1n) is 6.44. The van der Waals surface area contributed by atoms with Crippen LogP contribution in [0.4, 0.5) is 0 Å². The van der Waals surface area contributed by atoms with E-state index in [9.17, 15) is 14.7 Å². The minimum Gasteiger partial charge on any atom is -0.508 e. The van der Waals surface area contributed by atoms with Crippen molar-refractivity contribution in [2.45, 2.75) is 32.4 Å². The van der Waals surface area contributed by atoms with Crippen LogP contribution >= 0.6 is 12.4 Å². The molecule has 7 heteroatoms. The van der Waals surface area contributed by atoms with E-state index < -0.39 is 23.9 Å². The van der Waals surface area contributed by atoms with Crippen LogP contribution in [-0.4, -0.2) is 29.0 Å². The van der Waals surface area contributed by atoms with Crippen molar-refractivity contribution < 1.29 is 14.7 Å². The number of rotatable bonds is 6. The highest BCUT2D eigenvalue weighted by molar-refractivity contribution is 5.89. The molecule has 1 aromatic carbocycles. The highest BCUT2D eigenvalue weighted by Gasteiger charge is 2.23. The number of carbonyl (C=O) groups excluding carboxylic acids is 2. The number of primary amides is 1. The molecule has 0 spiro atoms. The van der Waals surface area contributed by atoms with Crippen molar-refractivity contribution in [2.24, 2.45) is 17.4 Å². The predicted molar refractivity (Wildman–Crippen MR) is 83.0 cm³/mol. The lowest BCUT2D eigenvalue weighted by Crippen LogP contribution is -2.52. The largest absolute Gasteiger partial charge is 0.508 e. The van der Waals surface area contributed by atoms with Gasteiger partial charge in [-0.05, 0) is 23.6 Å². The van der Waals surface area contributed by atoms with E-state index in [2.05, 4.69) is 5.32 Å². The fraction of sp³-hybridized carbons (Fsp3) is 0.429. The molecule has 6 N–H and O–H groups in total. The van der Waals surface area contributed by atoms with Gasteiger partial charge in [0.25, 0.3) is 0 Å². The van der Waals surface area contributed by atoms with Gasteiger partial charge in [0.05, 0.1) is 6.04 Å². The second-order valence-corrected chi connectivity index (χ2v) is 5.10. The Morgan fingerprint density at radius 3 is 2.19 bits per heavy atom. The van der Waals surface area contributed by atoms with Gasteiger partial charge in [0, 0.05) is 6.42 Å². The zero-order valence-electron chi connectivity index (χ0n) is 12.1. The van der Waals surface area contributed by atoms with E-state index in [0.29, 0.717) is 0 Å². The number of phenolic OH excluding ortho intramolecular Hbond substituents is 1. The molecular formula is C14H22ClN3O3. The van der Waals surface area contributed by atoms with E-state index in [4.69, 9.17) is 11.5 Å². The summed E-state index contributed by atoms with van der Waals surface area (Å²) in [4.78, 5) is 23.3. The fourth-order valence-corrected chi connectivity index (χ4v) is 1.66. The van der Waals surface area contributed by atoms with Gasteiger partial charge in [0.15, 0.2) is 0 Å². The van der Waals surface area contributed by atoms with Gasteiger partial charge in [-0.1, -0.05) is 26.0 Å². The van der Waals surface area contributed by atoms with Crippen molar-refractivity contribution in [1.82, 2.24) is 5.32 Å². The number of hydrogen-bond donors (Lipinski definition) is 4. The summed E-state index contributed by atoms with van der Waals surface area (Å²) in [6.45, 7) is 3.65. The Balaban J connectivity index is 0.00000400. The second-order valence-electron chi connectivity index (χ2n) is 5.10. The Morgan fingerprint density at radius 1 is 1.24 bits per heavy atom. The van der Waals surface area contributed by atoms with Gasteiger partial charge in [-0.25, -0.2) is 0 Å². The Bertz CT molecular complexity index is 477. The first-order chi connectivity index (χ1) is 9.31. The molecule has 118 valence electrons. The maximum atomic E-state index is 11.9. The van der Waals surface area contributed by atoms with Crippen molar-refractivity contribution in [3.63, 3.8) is 0 Å². The van der Waals surface area contributed by atoms with Crippen LogP contribution in [-0.2, 0) is 16.0 Å². The lowest BCUT2D eigenvalue weighted by molar-refractivity contribution is -0.128. The summed E-state index contributed by atoms with van der Waals surface area (Å²) in [7, 11) is 0. The zero-order valence-corrected chi connectivity index (χ0v) is 12.9. The quantitative estimate of drug-likeness (QED) is 0.604. The lowest BCUT2D eigenvalue weighted by Gasteiger charge is -2.20. The molecule has 0 saturated carbocycles. The minimum atomic E-state index is -0.822. The number of halogens is 1. The first-order valence-corrected chi connectivity index (χ1v) is 6.44. The van der Waals surface area contributed by atoms with E-state index in [0.717, 1.165) is 5.56 Å². The van der Waals surface area contributed by atoms with Crippen molar-refractivity contribution in [2.75, 3.05) is 0 Å². The molecular weight excluding hydrogens is 294 g/mol. The average Bonchev–Trinajstić information content (AvgIpc) is 2.39. The van der Waals surface area contributed by atoms with Crippen molar-refractivity contribution in [3.05, 3.63) is 29.8 Å². The summed E-state index contributed by atoms with van der Waals surface area (Å²) in [5, 5.41) is 11.8. The highest BCUT2D eigenvalue weighted by Crippen LogP contribution is 2.11. The minimum absolute atomic E-state index is 0. The lowest BCUT2D eigenvalue weighted by atomic mass is 10.0. The van der Waals surface area contributed by atoms with Crippen molar-refractivity contribution >= 4 is 24.2 Å². The molecule has 6 nitrogen and oxygen atoms in total. The monoisotopic (exact) mass is 315 g/mol. The predicted octanol–water partition coefficient (Wildman–Crippen LogP) is 0.310. The molecule has 2 amide bonds. The van der Waals surface area contributed by atoms with Gasteiger partial charge in [-0.2, -0.15) is 0 Å². The number of nitrogens with two attached hydrogens (primary N) is 2. The molecule has 0 heterocycles. The van der Waals surface area contributed by atoms with Crippen LogP contribution in [0.25, 0.3) is 0 Å². The van der Waals surface area contributed by atoms with E-state index in [1.165, 1.54) is 12.1 Å². The number of carbonyl (C=O) groups is 2. The summed E-state index contributed by atoms with van der Waals surface area (Å²) in [5.41, 5.74) is 11.8. The van der Waals surface area contributed by atoms with Crippen molar-refractivity contribution in [1.29, 1.82) is 0 Å². The Kier molecular flexibility index (Phi) is 7.76. The van der Waals surface area contributed by atoms with E-state index in [1.807, 2.05) is 13.8 Å². The van der Waals surface area contributed by atoms with Crippen LogP contribution in [0, 0.1) is 5.92 Å². The van der Waals surface area contributed by atoms with Gasteiger partial charge in [-0.3, -0.25) is 9.59 Å². The van der Waals surface area contributed by atoms with Crippen LogP contribution in [0.3, 0.4) is 0 Å². The number of amides is 2. The highest BCUT2D eigenvalue weighted by atomic mass is 35.5. The molecule has 21 heavy (non-hydrogen) atoms. The molecule has 1 aromatic rings. The van der Waals surface area contributed by atoms with Gasteiger partial charge >= 0.3 is 0 Å². The van der Waals surface area contributed by atoms with Gasteiger partial charge in [-0.15, -0.1) is 12.4 Å². The van der Waals surface area contributed by atoms with Crippen LogP contribution in [0.5, 0.6) is 5.75 Å². The van der Waals surface area contributed by atoms with Crippen LogP contribution in [0.15, 0.2) is 24.3 Å².